The number of carbonyl (C=O) groups excluding carboxylic acids is 1. The standard InChI is InChI=1S/C15H24N2O4.ClH/c1-11(10-17-15(18)8-12(9-16)19-2)21-14-7-5-4-6-13(14)20-3;/h4-7,11-12H,8-10,16H2,1-3H3,(H,17,18);1H. The van der Waals surface area contributed by atoms with E-state index in [2.05, 4.69) is 5.32 Å². The van der Waals surface area contributed by atoms with E-state index in [0.29, 0.717) is 24.6 Å². The highest BCUT2D eigenvalue weighted by atomic mass is 35.5. The topological polar surface area (TPSA) is 82.8 Å². The Bertz CT molecular complexity index is 441. The van der Waals surface area contributed by atoms with Crippen molar-refractivity contribution in [3.05, 3.63) is 24.3 Å². The predicted molar refractivity (Wildman–Crippen MR) is 87.8 cm³/mol. The number of ether oxygens (including phenoxy) is 3. The summed E-state index contributed by atoms with van der Waals surface area (Å²) in [5.74, 6) is 1.21. The zero-order valence-corrected chi connectivity index (χ0v) is 14.0. The normalized spacial score (nSPS) is 12.7. The Labute approximate surface area is 137 Å². The van der Waals surface area contributed by atoms with Gasteiger partial charge >= 0.3 is 0 Å². The van der Waals surface area contributed by atoms with Crippen LogP contribution in [0.2, 0.25) is 0 Å². The molecule has 0 aliphatic rings. The first-order valence-corrected chi connectivity index (χ1v) is 6.90. The fraction of sp³-hybridized carbons (Fsp3) is 0.533. The van der Waals surface area contributed by atoms with Crippen LogP contribution >= 0.6 is 12.4 Å². The number of rotatable bonds is 9. The van der Waals surface area contributed by atoms with E-state index >= 15 is 0 Å². The van der Waals surface area contributed by atoms with Crippen molar-refractivity contribution >= 4 is 18.3 Å². The Morgan fingerprint density at radius 1 is 1.27 bits per heavy atom. The van der Waals surface area contributed by atoms with Crippen molar-refractivity contribution in [2.24, 2.45) is 5.73 Å². The summed E-state index contributed by atoms with van der Waals surface area (Å²) in [6, 6.07) is 7.39. The van der Waals surface area contributed by atoms with Crippen LogP contribution in [0.4, 0.5) is 0 Å². The Morgan fingerprint density at radius 3 is 2.45 bits per heavy atom. The number of carbonyl (C=O) groups is 1. The Balaban J connectivity index is 0.00000441. The largest absolute Gasteiger partial charge is 0.493 e. The van der Waals surface area contributed by atoms with Crippen molar-refractivity contribution in [2.75, 3.05) is 27.3 Å². The van der Waals surface area contributed by atoms with Crippen molar-refractivity contribution < 1.29 is 19.0 Å². The van der Waals surface area contributed by atoms with Crippen molar-refractivity contribution in [1.82, 2.24) is 5.32 Å². The lowest BCUT2D eigenvalue weighted by atomic mass is 10.2. The Kier molecular flexibility index (Phi) is 10.4. The molecule has 0 bridgehead atoms. The van der Waals surface area contributed by atoms with Crippen LogP contribution in [0.25, 0.3) is 0 Å². The minimum absolute atomic E-state index is 0. The summed E-state index contributed by atoms with van der Waals surface area (Å²) in [6.45, 7) is 2.60. The van der Waals surface area contributed by atoms with Crippen LogP contribution in [-0.4, -0.2) is 45.4 Å². The van der Waals surface area contributed by atoms with Crippen LogP contribution < -0.4 is 20.5 Å². The molecule has 0 fully saturated rings. The highest BCUT2D eigenvalue weighted by molar-refractivity contribution is 5.85. The zero-order valence-electron chi connectivity index (χ0n) is 13.2. The van der Waals surface area contributed by atoms with E-state index in [-0.39, 0.29) is 36.9 Å². The summed E-state index contributed by atoms with van der Waals surface area (Å²) in [6.07, 6.45) is -0.187. The number of hydrogen-bond donors (Lipinski definition) is 2. The highest BCUT2D eigenvalue weighted by Crippen LogP contribution is 2.26. The summed E-state index contributed by atoms with van der Waals surface area (Å²) in [5.41, 5.74) is 5.48. The molecular formula is C15H25ClN2O4. The molecule has 22 heavy (non-hydrogen) atoms. The van der Waals surface area contributed by atoms with E-state index in [1.165, 1.54) is 7.11 Å². The van der Waals surface area contributed by atoms with Crippen molar-refractivity contribution in [3.8, 4) is 11.5 Å². The fourth-order valence-electron chi connectivity index (χ4n) is 1.77. The first-order chi connectivity index (χ1) is 10.1. The Morgan fingerprint density at radius 2 is 1.91 bits per heavy atom. The van der Waals surface area contributed by atoms with Gasteiger partial charge in [-0.05, 0) is 19.1 Å². The average molecular weight is 333 g/mol. The molecule has 0 saturated heterocycles. The molecule has 1 rings (SSSR count). The van der Waals surface area contributed by atoms with E-state index in [4.69, 9.17) is 19.9 Å². The van der Waals surface area contributed by atoms with E-state index < -0.39 is 0 Å². The number of hydrogen-bond acceptors (Lipinski definition) is 5. The van der Waals surface area contributed by atoms with E-state index in [0.717, 1.165) is 0 Å². The van der Waals surface area contributed by atoms with E-state index in [1.54, 1.807) is 7.11 Å². The van der Waals surface area contributed by atoms with Crippen molar-refractivity contribution in [3.63, 3.8) is 0 Å². The smallest absolute Gasteiger partial charge is 0.222 e. The van der Waals surface area contributed by atoms with Crippen LogP contribution in [-0.2, 0) is 9.53 Å². The molecule has 0 radical (unpaired) electrons. The third-order valence-corrected chi connectivity index (χ3v) is 2.99. The second-order valence-electron chi connectivity index (χ2n) is 4.68. The maximum absolute atomic E-state index is 11.7. The lowest BCUT2D eigenvalue weighted by Crippen LogP contribution is -2.37. The molecule has 0 heterocycles. The van der Waals surface area contributed by atoms with Crippen LogP contribution in [0.3, 0.4) is 0 Å². The second-order valence-corrected chi connectivity index (χ2v) is 4.68. The van der Waals surface area contributed by atoms with Gasteiger partial charge in [0.05, 0.1) is 26.2 Å². The monoisotopic (exact) mass is 332 g/mol. The fourth-order valence-corrected chi connectivity index (χ4v) is 1.77. The minimum Gasteiger partial charge on any atom is -0.493 e. The molecule has 0 saturated carbocycles. The van der Waals surface area contributed by atoms with Gasteiger partial charge in [-0.3, -0.25) is 4.79 Å². The zero-order chi connectivity index (χ0) is 15.7. The van der Waals surface area contributed by atoms with Gasteiger partial charge in [0.2, 0.25) is 5.91 Å². The first kappa shape index (κ1) is 20.5. The van der Waals surface area contributed by atoms with Crippen LogP contribution in [0.15, 0.2) is 24.3 Å². The molecule has 7 heteroatoms. The van der Waals surface area contributed by atoms with Gasteiger partial charge in [0.25, 0.3) is 0 Å². The van der Waals surface area contributed by atoms with Gasteiger partial charge in [0, 0.05) is 13.7 Å². The number of amides is 1. The molecule has 0 aliphatic carbocycles. The average Bonchev–Trinajstić information content (AvgIpc) is 2.51. The molecule has 3 N–H and O–H groups in total. The summed E-state index contributed by atoms with van der Waals surface area (Å²) in [4.78, 5) is 11.7. The molecule has 0 aliphatic heterocycles. The lowest BCUT2D eigenvalue weighted by molar-refractivity contribution is -0.123. The molecule has 1 aromatic carbocycles. The first-order valence-electron chi connectivity index (χ1n) is 6.90. The summed E-state index contributed by atoms with van der Waals surface area (Å²) < 4.78 is 16.0. The van der Waals surface area contributed by atoms with E-state index in [1.807, 2.05) is 31.2 Å². The van der Waals surface area contributed by atoms with Gasteiger partial charge in [-0.25, -0.2) is 0 Å². The van der Waals surface area contributed by atoms with Crippen molar-refractivity contribution in [2.45, 2.75) is 25.6 Å². The number of para-hydroxylation sites is 2. The summed E-state index contributed by atoms with van der Waals surface area (Å²) >= 11 is 0. The third kappa shape index (κ3) is 6.98. The third-order valence-electron chi connectivity index (χ3n) is 2.99. The van der Waals surface area contributed by atoms with Gasteiger partial charge < -0.3 is 25.3 Å². The second kappa shape index (κ2) is 11.1. The summed E-state index contributed by atoms with van der Waals surface area (Å²) in [7, 11) is 3.13. The molecule has 6 nitrogen and oxygen atoms in total. The van der Waals surface area contributed by atoms with Gasteiger partial charge in [0.1, 0.15) is 6.10 Å². The Hall–Kier alpha value is -1.50. The predicted octanol–water partition coefficient (Wildman–Crippen LogP) is 1.36. The van der Waals surface area contributed by atoms with Gasteiger partial charge in [-0.1, -0.05) is 12.1 Å². The van der Waals surface area contributed by atoms with E-state index in [9.17, 15) is 4.79 Å². The molecule has 1 aromatic rings. The van der Waals surface area contributed by atoms with Gasteiger partial charge in [0.15, 0.2) is 11.5 Å². The molecule has 1 amide bonds. The van der Waals surface area contributed by atoms with Crippen LogP contribution in [0.1, 0.15) is 13.3 Å². The molecule has 0 aromatic heterocycles. The number of methoxy groups -OCH3 is 2. The SMILES string of the molecule is COc1ccccc1OC(C)CNC(=O)CC(CN)OC.Cl. The maximum atomic E-state index is 11.7. The van der Waals surface area contributed by atoms with Gasteiger partial charge in [-0.2, -0.15) is 0 Å². The lowest BCUT2D eigenvalue weighted by Gasteiger charge is -2.18. The molecule has 2 unspecified atom stereocenters. The molecule has 126 valence electrons. The molecule has 2 atom stereocenters. The van der Waals surface area contributed by atoms with Crippen LogP contribution in [0.5, 0.6) is 11.5 Å². The number of benzene rings is 1. The van der Waals surface area contributed by atoms with Gasteiger partial charge in [-0.15, -0.1) is 12.4 Å². The molecule has 0 spiro atoms. The number of nitrogens with two attached hydrogens (primary N) is 1. The minimum atomic E-state index is -0.254. The van der Waals surface area contributed by atoms with Crippen molar-refractivity contribution in [1.29, 1.82) is 0 Å². The maximum Gasteiger partial charge on any atom is 0.222 e. The van der Waals surface area contributed by atoms with Crippen LogP contribution in [0, 0.1) is 0 Å². The molecular weight excluding hydrogens is 308 g/mol. The highest BCUT2D eigenvalue weighted by Gasteiger charge is 2.13. The number of nitrogens with one attached hydrogen (secondary N) is 1. The number of halogens is 1. The summed E-state index contributed by atoms with van der Waals surface area (Å²) in [5, 5.41) is 2.80. The quantitative estimate of drug-likeness (QED) is 0.713.